The van der Waals surface area contributed by atoms with E-state index in [0.29, 0.717) is 30.9 Å². The molecule has 0 bridgehead atoms. The number of imide groups is 1. The van der Waals surface area contributed by atoms with Crippen molar-refractivity contribution < 1.29 is 23.5 Å². The van der Waals surface area contributed by atoms with Crippen molar-refractivity contribution in [3.8, 4) is 11.5 Å². The number of nitrogens with zero attached hydrogens (tertiary/aromatic N) is 1. The molecule has 1 heterocycles. The van der Waals surface area contributed by atoms with E-state index in [-0.39, 0.29) is 23.5 Å². The lowest BCUT2D eigenvalue weighted by molar-refractivity contribution is -0.127. The Labute approximate surface area is 190 Å². The highest BCUT2D eigenvalue weighted by Gasteiger charge is 2.40. The average molecular weight is 454 g/mol. The molecule has 0 radical (unpaired) electrons. The van der Waals surface area contributed by atoms with E-state index in [1.165, 1.54) is 17.0 Å². The third-order valence-corrected chi connectivity index (χ3v) is 6.40. The maximum Gasteiger partial charge on any atom is 0.289 e. The molecule has 166 valence electrons. The molecule has 7 heteroatoms. The SMILES string of the molecule is CCOc1ccc2ccc(OCC)c(C[C@H]3SC(=O)N(Cc4ccc(F)cc4)C3=O)c2c1. The first-order valence-corrected chi connectivity index (χ1v) is 11.5. The molecule has 5 nitrogen and oxygen atoms in total. The van der Waals surface area contributed by atoms with Crippen LogP contribution in [0.1, 0.15) is 25.0 Å². The van der Waals surface area contributed by atoms with Gasteiger partial charge in [0.2, 0.25) is 5.91 Å². The highest BCUT2D eigenvalue weighted by Crippen LogP contribution is 2.37. The van der Waals surface area contributed by atoms with Gasteiger partial charge in [-0.15, -0.1) is 0 Å². The van der Waals surface area contributed by atoms with Gasteiger partial charge in [0.15, 0.2) is 0 Å². The van der Waals surface area contributed by atoms with Gasteiger partial charge in [-0.25, -0.2) is 4.39 Å². The second kappa shape index (κ2) is 9.61. The van der Waals surface area contributed by atoms with Crippen LogP contribution in [-0.2, 0) is 17.8 Å². The molecule has 3 aromatic carbocycles. The quantitative estimate of drug-likeness (QED) is 0.445. The van der Waals surface area contributed by atoms with E-state index in [1.54, 1.807) is 12.1 Å². The number of halogens is 1. The van der Waals surface area contributed by atoms with E-state index in [0.717, 1.165) is 33.8 Å². The van der Waals surface area contributed by atoms with Crippen molar-refractivity contribution in [2.45, 2.75) is 32.1 Å². The molecule has 0 N–H and O–H groups in total. The zero-order valence-electron chi connectivity index (χ0n) is 18.0. The van der Waals surface area contributed by atoms with E-state index in [4.69, 9.17) is 9.47 Å². The summed E-state index contributed by atoms with van der Waals surface area (Å²) in [5.41, 5.74) is 1.59. The predicted octanol–water partition coefficient (Wildman–Crippen LogP) is 5.58. The van der Waals surface area contributed by atoms with Crippen LogP contribution in [0.5, 0.6) is 11.5 Å². The summed E-state index contributed by atoms with van der Waals surface area (Å²) in [6.07, 6.45) is 0.359. The Morgan fingerprint density at radius 1 is 0.969 bits per heavy atom. The third-order valence-electron chi connectivity index (χ3n) is 5.32. The van der Waals surface area contributed by atoms with Crippen molar-refractivity contribution in [3.63, 3.8) is 0 Å². The summed E-state index contributed by atoms with van der Waals surface area (Å²) in [6, 6.07) is 15.6. The summed E-state index contributed by atoms with van der Waals surface area (Å²) in [7, 11) is 0. The molecule has 0 unspecified atom stereocenters. The Morgan fingerprint density at radius 3 is 2.41 bits per heavy atom. The van der Waals surface area contributed by atoms with Gasteiger partial charge in [0, 0.05) is 5.56 Å². The number of thioether (sulfide) groups is 1. The van der Waals surface area contributed by atoms with Gasteiger partial charge >= 0.3 is 0 Å². The van der Waals surface area contributed by atoms with Crippen molar-refractivity contribution in [1.29, 1.82) is 0 Å². The molecule has 2 amide bonds. The molecule has 1 aliphatic rings. The predicted molar refractivity (Wildman–Crippen MR) is 124 cm³/mol. The van der Waals surface area contributed by atoms with Crippen molar-refractivity contribution in [2.75, 3.05) is 13.2 Å². The average Bonchev–Trinajstić information content (AvgIpc) is 3.04. The third kappa shape index (κ3) is 4.58. The highest BCUT2D eigenvalue weighted by molar-refractivity contribution is 8.15. The van der Waals surface area contributed by atoms with Crippen LogP contribution in [0, 0.1) is 5.82 Å². The topological polar surface area (TPSA) is 55.8 Å². The van der Waals surface area contributed by atoms with Gasteiger partial charge in [-0.1, -0.05) is 36.0 Å². The maximum atomic E-state index is 13.2. The Morgan fingerprint density at radius 2 is 1.69 bits per heavy atom. The molecule has 0 spiro atoms. The van der Waals surface area contributed by atoms with E-state index in [9.17, 15) is 14.0 Å². The van der Waals surface area contributed by atoms with Crippen LogP contribution in [0.2, 0.25) is 0 Å². The molecule has 0 saturated carbocycles. The minimum atomic E-state index is -0.552. The molecule has 0 aliphatic carbocycles. The number of hydrogen-bond acceptors (Lipinski definition) is 5. The molecule has 1 fully saturated rings. The van der Waals surface area contributed by atoms with Crippen molar-refractivity contribution in [1.82, 2.24) is 4.90 Å². The highest BCUT2D eigenvalue weighted by atomic mass is 32.2. The van der Waals surface area contributed by atoms with Crippen LogP contribution in [-0.4, -0.2) is 34.5 Å². The second-order valence-electron chi connectivity index (χ2n) is 7.42. The normalized spacial score (nSPS) is 16.1. The van der Waals surface area contributed by atoms with Gasteiger partial charge in [0.1, 0.15) is 17.3 Å². The standard InChI is InChI=1S/C25H24FNO4S/c1-3-30-19-11-7-17-8-12-22(31-4-2)21(20(17)13-19)14-23-24(28)27(25(29)32-23)15-16-5-9-18(26)10-6-16/h5-13,23H,3-4,14-15H2,1-2H3/t23-/m1/s1. The fourth-order valence-corrected chi connectivity index (χ4v) is 4.83. The molecule has 1 aliphatic heterocycles. The number of rotatable bonds is 8. The molecule has 1 saturated heterocycles. The first-order chi connectivity index (χ1) is 15.5. The van der Waals surface area contributed by atoms with Crippen molar-refractivity contribution in [3.05, 3.63) is 71.5 Å². The Balaban J connectivity index is 1.63. The number of fused-ring (bicyclic) bond motifs is 1. The monoisotopic (exact) mass is 453 g/mol. The molecule has 4 rings (SSSR count). The van der Waals surface area contributed by atoms with Gasteiger partial charge in [0.05, 0.1) is 25.0 Å². The van der Waals surface area contributed by atoms with E-state index >= 15 is 0 Å². The van der Waals surface area contributed by atoms with E-state index in [2.05, 4.69) is 0 Å². The lowest BCUT2D eigenvalue weighted by atomic mass is 9.98. The minimum Gasteiger partial charge on any atom is -0.494 e. The first-order valence-electron chi connectivity index (χ1n) is 10.6. The number of carbonyl (C=O) groups is 2. The van der Waals surface area contributed by atoms with Crippen LogP contribution in [0.15, 0.2) is 54.6 Å². The molecular formula is C25H24FNO4S. The van der Waals surface area contributed by atoms with Crippen molar-refractivity contribution >= 4 is 33.7 Å². The molecule has 0 aromatic heterocycles. The fourth-order valence-electron chi connectivity index (χ4n) is 3.83. The van der Waals surface area contributed by atoms with Crippen LogP contribution < -0.4 is 9.47 Å². The summed E-state index contributed by atoms with van der Waals surface area (Å²) in [6.45, 7) is 5.01. The molecule has 1 atom stereocenters. The van der Waals surface area contributed by atoms with E-state index < -0.39 is 5.25 Å². The lowest BCUT2D eigenvalue weighted by Gasteiger charge is -2.17. The number of amides is 2. The lowest BCUT2D eigenvalue weighted by Crippen LogP contribution is -2.31. The zero-order chi connectivity index (χ0) is 22.7. The van der Waals surface area contributed by atoms with Crippen molar-refractivity contribution in [2.24, 2.45) is 0 Å². The van der Waals surface area contributed by atoms with Gasteiger partial charge in [0.25, 0.3) is 5.24 Å². The van der Waals surface area contributed by atoms with Gasteiger partial charge in [-0.2, -0.15) is 0 Å². The number of benzene rings is 3. The summed E-state index contributed by atoms with van der Waals surface area (Å²) in [5.74, 6) is 0.844. The van der Waals surface area contributed by atoms with E-state index in [1.807, 2.05) is 44.2 Å². The maximum absolute atomic E-state index is 13.2. The molecule has 32 heavy (non-hydrogen) atoms. The zero-order valence-corrected chi connectivity index (χ0v) is 18.8. The number of carbonyl (C=O) groups excluding carboxylic acids is 2. The smallest absolute Gasteiger partial charge is 0.289 e. The number of ether oxygens (including phenoxy) is 2. The van der Waals surface area contributed by atoms with Crippen LogP contribution in [0.4, 0.5) is 9.18 Å². The summed E-state index contributed by atoms with van der Waals surface area (Å²) < 4.78 is 24.7. The summed E-state index contributed by atoms with van der Waals surface area (Å²) in [5, 5.41) is 1.11. The summed E-state index contributed by atoms with van der Waals surface area (Å²) >= 11 is 1.03. The Bertz CT molecular complexity index is 1140. The molecular weight excluding hydrogens is 429 g/mol. The van der Waals surface area contributed by atoms with Gasteiger partial charge in [-0.05, 0) is 66.9 Å². The second-order valence-corrected chi connectivity index (χ2v) is 8.57. The van der Waals surface area contributed by atoms with Crippen LogP contribution >= 0.6 is 11.8 Å². The van der Waals surface area contributed by atoms with Gasteiger partial charge < -0.3 is 9.47 Å². The Kier molecular flexibility index (Phi) is 6.65. The molecule has 3 aromatic rings. The first kappa shape index (κ1) is 22.1. The van der Waals surface area contributed by atoms with Crippen LogP contribution in [0.25, 0.3) is 10.8 Å². The Hall–Kier alpha value is -3.06. The van der Waals surface area contributed by atoms with Crippen LogP contribution in [0.3, 0.4) is 0 Å². The summed E-state index contributed by atoms with van der Waals surface area (Å²) in [4.78, 5) is 27.0. The minimum absolute atomic E-state index is 0.129. The van der Waals surface area contributed by atoms with Gasteiger partial charge in [-0.3, -0.25) is 14.5 Å². The fraction of sp³-hybridized carbons (Fsp3) is 0.280. The largest absolute Gasteiger partial charge is 0.494 e. The number of hydrogen-bond donors (Lipinski definition) is 0.